The van der Waals surface area contributed by atoms with Gasteiger partial charge in [-0.15, -0.1) is 40.4 Å². The fraction of sp³-hybridized carbons (Fsp3) is 0.100. The molecule has 13 heavy (non-hydrogen) atoms. The van der Waals surface area contributed by atoms with Crippen molar-refractivity contribution in [2.75, 3.05) is 0 Å². The first-order valence-corrected chi connectivity index (χ1v) is 1.72. The van der Waals surface area contributed by atoms with Crippen molar-refractivity contribution in [2.45, 2.75) is 6.42 Å². The second-order valence-corrected chi connectivity index (χ2v) is 1.00. The van der Waals surface area contributed by atoms with Gasteiger partial charge in [0.2, 0.25) is 0 Å². The van der Waals surface area contributed by atoms with E-state index in [0.29, 0.717) is 0 Å². The van der Waals surface area contributed by atoms with Gasteiger partial charge in [0.15, 0.2) is 0 Å². The summed E-state index contributed by atoms with van der Waals surface area (Å²) in [6.45, 7) is 0. The minimum absolute atomic E-state index is 0. The van der Waals surface area contributed by atoms with Gasteiger partial charge >= 0.3 is 0 Å². The average Bonchev–Trinajstić information content (AvgIpc) is 1.76. The van der Waals surface area contributed by atoms with E-state index in [0.717, 1.165) is 6.42 Å². The molecule has 0 amide bonds. The zero-order chi connectivity index (χ0) is 3.54. The minimum Gasteiger partial charge on any atom is -0.358 e. The van der Waals surface area contributed by atoms with Crippen LogP contribution in [0, 0.1) is 43.2 Å². The van der Waals surface area contributed by atoms with Gasteiger partial charge in [-0.05, 0) is 0 Å². The molecule has 1 radical (unpaired) electrons. The Kier molecular flexibility index (Phi) is 258. The molecule has 0 fully saturated rings. The molecule has 0 aromatic heterocycles. The van der Waals surface area contributed by atoms with Crippen LogP contribution >= 0.6 is 34.0 Å². The molecule has 0 aromatic rings. The first-order valence-electron chi connectivity index (χ1n) is 1.72. The minimum atomic E-state index is 0. The van der Waals surface area contributed by atoms with Crippen molar-refractivity contribution >= 4 is 34.0 Å². The molecule has 0 aliphatic heterocycles. The van der Waals surface area contributed by atoms with Gasteiger partial charge in [-0.3, -0.25) is 6.08 Å². The predicted octanol–water partition coefficient (Wildman–Crippen LogP) is 4.71. The van der Waals surface area contributed by atoms with Crippen LogP contribution in [0.1, 0.15) is 6.42 Å². The number of hydrogen-bond donors (Lipinski definition) is 0. The second kappa shape index (κ2) is 51.6. The van der Waals surface area contributed by atoms with Gasteiger partial charge in [-0.1, -0.05) is 0 Å². The van der Waals surface area contributed by atoms with E-state index in [9.17, 15) is 0 Å². The molecular weight excluding hydrogens is 472 g/mol. The van der Waals surface area contributed by atoms with Crippen molar-refractivity contribution in [3.05, 3.63) is 61.4 Å². The van der Waals surface area contributed by atoms with Crippen LogP contribution in [0.15, 0.2) is 18.2 Å². The monoisotopic (exact) mass is 493 g/mol. The third-order valence-electron chi connectivity index (χ3n) is 0.586. The fourth-order valence-corrected chi connectivity index (χ4v) is 0.340. The molecule has 0 aromatic carbocycles. The average molecular weight is 494 g/mol. The van der Waals surface area contributed by atoms with Crippen molar-refractivity contribution in [1.29, 1.82) is 0 Å². The van der Waals surface area contributed by atoms with E-state index in [4.69, 9.17) is 0 Å². The van der Waals surface area contributed by atoms with Gasteiger partial charge in [-0.2, -0.15) is 6.08 Å². The summed E-state index contributed by atoms with van der Waals surface area (Å²) in [5.41, 5.74) is 0. The van der Waals surface area contributed by atoms with Crippen LogP contribution in [-0.4, -0.2) is 0 Å². The Balaban J connectivity index is -0.00000000521. The third kappa shape index (κ3) is 43.4. The van der Waals surface area contributed by atoms with Gasteiger partial charge in [0.1, 0.15) is 0 Å². The van der Waals surface area contributed by atoms with Crippen LogP contribution in [0.5, 0.6) is 0 Å². The Hall–Kier alpha value is 1.09. The molecule has 0 atom stereocenters. The van der Waals surface area contributed by atoms with Gasteiger partial charge in [-0.25, -0.2) is 12.2 Å². The standard InChI is InChI=1S/C5H5.5CH3.2BrH.Ir/c1-2-4-5-3-1;;;;;;;;/h1-3H,4H2;5*1H3;2*1H;/q6*-1;;;. The summed E-state index contributed by atoms with van der Waals surface area (Å²) >= 11 is 0. The van der Waals surface area contributed by atoms with E-state index >= 15 is 0 Å². The van der Waals surface area contributed by atoms with Crippen molar-refractivity contribution < 1.29 is 20.1 Å². The summed E-state index contributed by atoms with van der Waals surface area (Å²) in [6.07, 6.45) is 10.0. The maximum absolute atomic E-state index is 2.99. The molecule has 1 aliphatic carbocycles. The predicted molar refractivity (Wildman–Crippen MR) is 74.3 cm³/mol. The van der Waals surface area contributed by atoms with Crippen LogP contribution in [-0.2, 0) is 20.1 Å². The molecule has 1 rings (SSSR count). The number of allylic oxidation sites excluding steroid dienone is 4. The zero-order valence-electron chi connectivity index (χ0n) is 9.09. The molecule has 0 N–H and O–H groups in total. The Labute approximate surface area is 121 Å². The van der Waals surface area contributed by atoms with Crippen molar-refractivity contribution in [3.63, 3.8) is 0 Å². The molecular formula is C10H22Br2Ir-6. The van der Waals surface area contributed by atoms with E-state index < -0.39 is 0 Å². The SMILES string of the molecule is Br.Br.[C-]1=CC=CC1.[CH3-].[CH3-].[CH3-].[CH3-].[CH3-].[Ir]. The van der Waals surface area contributed by atoms with E-state index in [1.165, 1.54) is 0 Å². The summed E-state index contributed by atoms with van der Waals surface area (Å²) in [6, 6.07) is 0. The summed E-state index contributed by atoms with van der Waals surface area (Å²) < 4.78 is 0. The third-order valence-corrected chi connectivity index (χ3v) is 0.586. The molecule has 0 nitrogen and oxygen atoms in total. The van der Waals surface area contributed by atoms with Gasteiger partial charge in [0, 0.05) is 20.1 Å². The fourth-order valence-electron chi connectivity index (χ4n) is 0.340. The van der Waals surface area contributed by atoms with Gasteiger partial charge < -0.3 is 37.1 Å². The van der Waals surface area contributed by atoms with Crippen molar-refractivity contribution in [1.82, 2.24) is 0 Å². The van der Waals surface area contributed by atoms with Crippen LogP contribution in [0.3, 0.4) is 0 Å². The first kappa shape index (κ1) is 65.1. The number of hydrogen-bond acceptors (Lipinski definition) is 0. The van der Waals surface area contributed by atoms with E-state index in [2.05, 4.69) is 12.2 Å². The maximum atomic E-state index is 2.99. The van der Waals surface area contributed by atoms with Gasteiger partial charge in [0.25, 0.3) is 0 Å². The molecule has 0 unspecified atom stereocenters. The summed E-state index contributed by atoms with van der Waals surface area (Å²) in [4.78, 5) is 0. The van der Waals surface area contributed by atoms with Crippen LogP contribution < -0.4 is 0 Å². The van der Waals surface area contributed by atoms with Crippen molar-refractivity contribution in [2.24, 2.45) is 0 Å². The molecule has 0 bridgehead atoms. The topological polar surface area (TPSA) is 0 Å². The summed E-state index contributed by atoms with van der Waals surface area (Å²) in [5.74, 6) is 0. The second-order valence-electron chi connectivity index (χ2n) is 1.00. The van der Waals surface area contributed by atoms with Crippen LogP contribution in [0.25, 0.3) is 0 Å². The maximum Gasteiger partial charge on any atom is 0 e. The summed E-state index contributed by atoms with van der Waals surface area (Å²) in [5, 5.41) is 0. The quantitative estimate of drug-likeness (QED) is 0.428. The normalized spacial score (nSPS) is 6.77. The number of rotatable bonds is 0. The zero-order valence-corrected chi connectivity index (χ0v) is 14.9. The number of halogens is 2. The largest absolute Gasteiger partial charge is 0.358 e. The van der Waals surface area contributed by atoms with Gasteiger partial charge in [0.05, 0.1) is 0 Å². The Morgan fingerprint density at radius 3 is 1.31 bits per heavy atom. The Morgan fingerprint density at radius 2 is 1.23 bits per heavy atom. The van der Waals surface area contributed by atoms with E-state index in [1.54, 1.807) is 0 Å². The molecule has 1 aliphatic rings. The first-order chi connectivity index (χ1) is 2.50. The molecule has 91 valence electrons. The molecule has 0 spiro atoms. The van der Waals surface area contributed by atoms with E-state index in [-0.39, 0.29) is 91.2 Å². The van der Waals surface area contributed by atoms with Crippen LogP contribution in [0.2, 0.25) is 0 Å². The molecule has 0 saturated carbocycles. The Morgan fingerprint density at radius 1 is 0.846 bits per heavy atom. The van der Waals surface area contributed by atoms with Crippen LogP contribution in [0.4, 0.5) is 0 Å². The molecule has 0 heterocycles. The molecule has 3 heteroatoms. The summed E-state index contributed by atoms with van der Waals surface area (Å²) in [7, 11) is 0. The van der Waals surface area contributed by atoms with Crippen molar-refractivity contribution in [3.8, 4) is 0 Å². The van der Waals surface area contributed by atoms with E-state index in [1.807, 2.05) is 12.2 Å². The smallest absolute Gasteiger partial charge is 0 e. The Bertz CT molecular complexity index is 71.0. The molecule has 0 saturated heterocycles.